The molecule has 0 bridgehead atoms. The maximum Gasteiger partial charge on any atom is 0.248 e. The molecule has 0 aromatic carbocycles. The molecule has 1 heterocycles. The van der Waals surface area contributed by atoms with Crippen molar-refractivity contribution in [2.75, 3.05) is 40.0 Å². The van der Waals surface area contributed by atoms with Gasteiger partial charge in [0, 0.05) is 26.8 Å². The van der Waals surface area contributed by atoms with E-state index >= 15 is 0 Å². The Morgan fingerprint density at radius 3 is 2.62 bits per heavy atom. The number of amides is 1. The number of ether oxygens (including phenoxy) is 2. The summed E-state index contributed by atoms with van der Waals surface area (Å²) in [4.78, 5) is 13.7. The highest BCUT2D eigenvalue weighted by atomic mass is 16.5. The van der Waals surface area contributed by atoms with Crippen LogP contribution in [-0.4, -0.2) is 73.2 Å². The summed E-state index contributed by atoms with van der Waals surface area (Å²) < 4.78 is 10.3. The summed E-state index contributed by atoms with van der Waals surface area (Å²) in [6.07, 6.45) is 3.80. The average molecular weight is 303 g/mol. The molecule has 6 nitrogen and oxygen atoms in total. The number of carbonyl (C=O) groups excluding carboxylic acids is 1. The van der Waals surface area contributed by atoms with Crippen molar-refractivity contribution in [3.63, 3.8) is 0 Å². The maximum absolute atomic E-state index is 12.0. The molecule has 124 valence electrons. The first-order chi connectivity index (χ1) is 10.1. The molecule has 1 fully saturated rings. The Labute approximate surface area is 127 Å². The Hall–Kier alpha value is -0.690. The minimum atomic E-state index is -0.896. The molecule has 0 radical (unpaired) electrons. The molecular weight excluding hydrogens is 274 g/mol. The summed E-state index contributed by atoms with van der Waals surface area (Å²) in [5, 5.41) is 19.7. The fourth-order valence-electron chi connectivity index (χ4n) is 2.41. The molecule has 2 atom stereocenters. The van der Waals surface area contributed by atoms with Crippen molar-refractivity contribution in [1.29, 1.82) is 0 Å². The lowest BCUT2D eigenvalue weighted by Gasteiger charge is -2.25. The molecule has 21 heavy (non-hydrogen) atoms. The Morgan fingerprint density at radius 1 is 1.14 bits per heavy atom. The molecule has 0 aromatic heterocycles. The van der Waals surface area contributed by atoms with Gasteiger partial charge >= 0.3 is 0 Å². The van der Waals surface area contributed by atoms with Crippen LogP contribution in [0, 0.1) is 0 Å². The van der Waals surface area contributed by atoms with Gasteiger partial charge in [-0.25, -0.2) is 0 Å². The highest BCUT2D eigenvalue weighted by Crippen LogP contribution is 2.09. The summed E-state index contributed by atoms with van der Waals surface area (Å²) in [6, 6.07) is 0. The lowest BCUT2D eigenvalue weighted by atomic mass is 10.1. The second-order valence-electron chi connectivity index (χ2n) is 5.58. The SMILES string of the molecule is COCC(=O)N1CCCCCCCOC[C@@H](O)[C@@H](O)CC1. The van der Waals surface area contributed by atoms with Gasteiger partial charge in [0.05, 0.1) is 12.7 Å². The molecule has 2 N–H and O–H groups in total. The van der Waals surface area contributed by atoms with Crippen molar-refractivity contribution in [2.24, 2.45) is 0 Å². The predicted octanol–water partition coefficient (Wildman–Crippen LogP) is 0.554. The third kappa shape index (κ3) is 7.76. The summed E-state index contributed by atoms with van der Waals surface area (Å²) in [5.74, 6) is -0.0671. The van der Waals surface area contributed by atoms with Crippen molar-refractivity contribution in [1.82, 2.24) is 4.90 Å². The quantitative estimate of drug-likeness (QED) is 0.779. The van der Waals surface area contributed by atoms with Crippen LogP contribution in [0.2, 0.25) is 0 Å². The van der Waals surface area contributed by atoms with Gasteiger partial charge < -0.3 is 24.6 Å². The zero-order valence-corrected chi connectivity index (χ0v) is 13.0. The minimum Gasteiger partial charge on any atom is -0.390 e. The molecule has 0 spiro atoms. The van der Waals surface area contributed by atoms with Gasteiger partial charge in [-0.2, -0.15) is 0 Å². The molecular formula is C15H29NO5. The summed E-state index contributed by atoms with van der Waals surface area (Å²) >= 11 is 0. The van der Waals surface area contributed by atoms with E-state index in [4.69, 9.17) is 9.47 Å². The summed E-state index contributed by atoms with van der Waals surface area (Å²) in [5.41, 5.74) is 0. The largest absolute Gasteiger partial charge is 0.390 e. The van der Waals surface area contributed by atoms with E-state index in [1.807, 2.05) is 0 Å². The Kier molecular flexibility index (Phi) is 9.58. The third-order valence-corrected chi connectivity index (χ3v) is 3.76. The number of aliphatic hydroxyl groups excluding tert-OH is 2. The first-order valence-electron chi connectivity index (χ1n) is 7.85. The van der Waals surface area contributed by atoms with Crippen molar-refractivity contribution in [2.45, 2.75) is 50.7 Å². The normalized spacial score (nSPS) is 27.1. The maximum atomic E-state index is 12.0. The number of rotatable bonds is 2. The summed E-state index contributed by atoms with van der Waals surface area (Å²) in [6.45, 7) is 1.94. The number of hydrogen-bond acceptors (Lipinski definition) is 5. The van der Waals surface area contributed by atoms with Crippen LogP contribution in [0.15, 0.2) is 0 Å². The number of carbonyl (C=O) groups is 1. The molecule has 1 rings (SSSR count). The van der Waals surface area contributed by atoms with Crippen LogP contribution in [-0.2, 0) is 14.3 Å². The van der Waals surface area contributed by atoms with Crippen LogP contribution in [0.5, 0.6) is 0 Å². The van der Waals surface area contributed by atoms with Crippen molar-refractivity contribution in [3.05, 3.63) is 0 Å². The van der Waals surface area contributed by atoms with Gasteiger partial charge in [0.25, 0.3) is 0 Å². The smallest absolute Gasteiger partial charge is 0.248 e. The van der Waals surface area contributed by atoms with Crippen molar-refractivity contribution in [3.8, 4) is 0 Å². The molecule has 1 saturated heterocycles. The highest BCUT2D eigenvalue weighted by Gasteiger charge is 2.20. The van der Waals surface area contributed by atoms with E-state index in [1.165, 1.54) is 7.11 Å². The molecule has 0 saturated carbocycles. The predicted molar refractivity (Wildman–Crippen MR) is 79.0 cm³/mol. The first-order valence-corrected chi connectivity index (χ1v) is 7.85. The molecule has 0 aromatic rings. The Morgan fingerprint density at radius 2 is 1.86 bits per heavy atom. The van der Waals surface area contributed by atoms with E-state index in [-0.39, 0.29) is 19.1 Å². The van der Waals surface area contributed by atoms with Crippen LogP contribution in [0.4, 0.5) is 0 Å². The van der Waals surface area contributed by atoms with Gasteiger partial charge in [-0.1, -0.05) is 19.3 Å². The second kappa shape index (κ2) is 11.0. The fraction of sp³-hybridized carbons (Fsp3) is 0.933. The minimum absolute atomic E-state index is 0.0573. The number of hydrogen-bond donors (Lipinski definition) is 2. The van der Waals surface area contributed by atoms with Gasteiger partial charge in [0.15, 0.2) is 0 Å². The molecule has 6 heteroatoms. The van der Waals surface area contributed by atoms with E-state index in [0.717, 1.165) is 32.1 Å². The molecule has 0 unspecified atom stereocenters. The molecule has 1 amide bonds. The fourth-order valence-corrected chi connectivity index (χ4v) is 2.41. The number of methoxy groups -OCH3 is 1. The summed E-state index contributed by atoms with van der Waals surface area (Å²) in [7, 11) is 1.50. The Bertz CT molecular complexity index is 287. The van der Waals surface area contributed by atoms with E-state index < -0.39 is 12.2 Å². The monoisotopic (exact) mass is 303 g/mol. The van der Waals surface area contributed by atoms with Crippen LogP contribution < -0.4 is 0 Å². The number of aliphatic hydroxyl groups is 2. The van der Waals surface area contributed by atoms with Gasteiger partial charge in [-0.05, 0) is 19.3 Å². The Balaban J connectivity index is 2.52. The average Bonchev–Trinajstić information content (AvgIpc) is 2.47. The van der Waals surface area contributed by atoms with Crippen LogP contribution in [0.25, 0.3) is 0 Å². The zero-order chi connectivity index (χ0) is 15.5. The highest BCUT2D eigenvalue weighted by molar-refractivity contribution is 5.77. The van der Waals surface area contributed by atoms with Crippen LogP contribution in [0.1, 0.15) is 38.5 Å². The molecule has 0 aliphatic carbocycles. The van der Waals surface area contributed by atoms with Gasteiger partial charge in [-0.3, -0.25) is 4.79 Å². The van der Waals surface area contributed by atoms with Gasteiger partial charge in [-0.15, -0.1) is 0 Å². The zero-order valence-electron chi connectivity index (χ0n) is 13.0. The van der Waals surface area contributed by atoms with Crippen molar-refractivity contribution < 1.29 is 24.5 Å². The van der Waals surface area contributed by atoms with Crippen LogP contribution in [0.3, 0.4) is 0 Å². The lowest BCUT2D eigenvalue weighted by molar-refractivity contribution is -0.136. The van der Waals surface area contributed by atoms with Crippen molar-refractivity contribution >= 4 is 5.91 Å². The molecule has 1 aliphatic heterocycles. The molecule has 1 aliphatic rings. The van der Waals surface area contributed by atoms with Crippen LogP contribution >= 0.6 is 0 Å². The third-order valence-electron chi connectivity index (χ3n) is 3.76. The van der Waals surface area contributed by atoms with E-state index in [1.54, 1.807) is 4.90 Å². The van der Waals surface area contributed by atoms with E-state index in [0.29, 0.717) is 26.1 Å². The topological polar surface area (TPSA) is 79.2 Å². The first kappa shape index (κ1) is 18.4. The number of nitrogens with zero attached hydrogens (tertiary/aromatic N) is 1. The van der Waals surface area contributed by atoms with Gasteiger partial charge in [0.1, 0.15) is 12.7 Å². The second-order valence-corrected chi connectivity index (χ2v) is 5.58. The van der Waals surface area contributed by atoms with Gasteiger partial charge in [0.2, 0.25) is 5.91 Å². The van der Waals surface area contributed by atoms with E-state index in [9.17, 15) is 15.0 Å². The van der Waals surface area contributed by atoms with E-state index in [2.05, 4.69) is 0 Å². The standard InChI is InChI=1S/C15H29NO5/c1-20-12-15(19)16-8-5-3-2-4-6-10-21-11-14(18)13(17)7-9-16/h13-14,17-18H,2-12H2,1H3/t13-,14+/m0/s1. The lowest BCUT2D eigenvalue weighted by Crippen LogP contribution is -2.39.